The summed E-state index contributed by atoms with van der Waals surface area (Å²) in [5.74, 6) is 0.561. The summed E-state index contributed by atoms with van der Waals surface area (Å²) in [4.78, 5) is 12.9. The molecular weight excluding hydrogens is 352 g/mol. The molecular formula is C23H28N2O3. The van der Waals surface area contributed by atoms with E-state index in [4.69, 9.17) is 10.2 Å². The van der Waals surface area contributed by atoms with E-state index in [-0.39, 0.29) is 0 Å². The van der Waals surface area contributed by atoms with Crippen molar-refractivity contribution in [3.05, 3.63) is 65.2 Å². The fourth-order valence-electron chi connectivity index (χ4n) is 4.90. The zero-order chi connectivity index (χ0) is 19.5. The number of rotatable bonds is 2. The fourth-order valence-corrected chi connectivity index (χ4v) is 4.90. The largest absolute Gasteiger partial charge is 0.479 e. The second kappa shape index (κ2) is 8.33. The Labute approximate surface area is 166 Å². The lowest BCUT2D eigenvalue weighted by atomic mass is 9.82. The number of para-hydroxylation sites is 1. The number of hydrogen-bond donors (Lipinski definition) is 3. The first-order valence-corrected chi connectivity index (χ1v) is 10.2. The molecule has 0 amide bonds. The van der Waals surface area contributed by atoms with Gasteiger partial charge in [-0.3, -0.25) is 0 Å². The second-order valence-corrected chi connectivity index (χ2v) is 7.93. The maximum absolute atomic E-state index is 10.2. The molecule has 1 saturated carbocycles. The average molecular weight is 380 g/mol. The molecule has 148 valence electrons. The highest BCUT2D eigenvalue weighted by atomic mass is 16.4. The second-order valence-electron chi connectivity index (χ2n) is 7.93. The summed E-state index contributed by atoms with van der Waals surface area (Å²) in [5, 5.41) is 20.9. The molecule has 5 rings (SSSR count). The lowest BCUT2D eigenvalue weighted by Gasteiger charge is -2.38. The molecule has 0 spiro atoms. The van der Waals surface area contributed by atoms with Crippen LogP contribution in [0.25, 0.3) is 0 Å². The van der Waals surface area contributed by atoms with Gasteiger partial charge in [-0.15, -0.1) is 0 Å². The third-order valence-corrected chi connectivity index (χ3v) is 6.20. The summed E-state index contributed by atoms with van der Waals surface area (Å²) in [6, 6.07) is 15.2. The fraction of sp³-hybridized carbons (Fsp3) is 0.435. The molecule has 1 fully saturated rings. The molecule has 5 nitrogen and oxygen atoms in total. The highest BCUT2D eigenvalue weighted by Gasteiger charge is 2.37. The highest BCUT2D eigenvalue weighted by Crippen LogP contribution is 2.48. The van der Waals surface area contributed by atoms with Crippen molar-refractivity contribution in [2.24, 2.45) is 5.92 Å². The summed E-state index contributed by atoms with van der Waals surface area (Å²) in [7, 11) is 0. The molecule has 0 radical (unpaired) electrons. The van der Waals surface area contributed by atoms with Crippen LogP contribution in [0.4, 0.5) is 5.69 Å². The summed E-state index contributed by atoms with van der Waals surface area (Å²) in [6.07, 6.45) is 2.89. The van der Waals surface area contributed by atoms with E-state index in [1.54, 1.807) is 41.6 Å². The van der Waals surface area contributed by atoms with Gasteiger partial charge in [0, 0.05) is 31.9 Å². The maximum Gasteiger partial charge on any atom is 0.337 e. The van der Waals surface area contributed by atoms with E-state index >= 15 is 0 Å². The van der Waals surface area contributed by atoms with E-state index in [0.29, 0.717) is 5.56 Å². The van der Waals surface area contributed by atoms with Gasteiger partial charge in [0.1, 0.15) is 0 Å². The molecule has 0 bridgehead atoms. The number of nitrogens with zero attached hydrogens (tertiary/aromatic N) is 1. The number of carbonyl (C=O) groups is 1. The third-order valence-electron chi connectivity index (χ3n) is 6.20. The number of aliphatic hydroxyl groups is 1. The Balaban J connectivity index is 0.000000153. The molecule has 0 unspecified atom stereocenters. The number of benzene rings is 2. The van der Waals surface area contributed by atoms with Crippen molar-refractivity contribution in [2.75, 3.05) is 24.5 Å². The minimum Gasteiger partial charge on any atom is -0.479 e. The Morgan fingerprint density at radius 3 is 2.71 bits per heavy atom. The number of carboxylic acid groups (broad SMARTS) is 1. The van der Waals surface area contributed by atoms with Gasteiger partial charge in [-0.05, 0) is 41.4 Å². The van der Waals surface area contributed by atoms with Crippen LogP contribution in [-0.4, -0.2) is 35.8 Å². The van der Waals surface area contributed by atoms with Gasteiger partial charge >= 0.3 is 5.97 Å². The minimum absolute atomic E-state index is 0.403. The van der Waals surface area contributed by atoms with Gasteiger partial charge < -0.3 is 20.4 Å². The Hall–Kier alpha value is -2.37. The van der Waals surface area contributed by atoms with Crippen molar-refractivity contribution in [1.29, 1.82) is 0 Å². The number of hydrogen-bond acceptors (Lipinski definition) is 4. The normalized spacial score (nSPS) is 23.5. The summed E-state index contributed by atoms with van der Waals surface area (Å²) in [5.41, 5.74) is 5.16. The smallest absolute Gasteiger partial charge is 0.337 e. The lowest BCUT2D eigenvalue weighted by Crippen LogP contribution is -2.38. The van der Waals surface area contributed by atoms with Crippen LogP contribution >= 0.6 is 0 Å². The number of aliphatic hydroxyl groups excluding tert-OH is 1. The van der Waals surface area contributed by atoms with Crippen LogP contribution < -0.4 is 10.2 Å². The number of nitrogens with one attached hydrogen (secondary N) is 1. The van der Waals surface area contributed by atoms with Crippen molar-refractivity contribution in [3.8, 4) is 0 Å². The Morgan fingerprint density at radius 1 is 1.11 bits per heavy atom. The van der Waals surface area contributed by atoms with E-state index < -0.39 is 12.1 Å². The van der Waals surface area contributed by atoms with Gasteiger partial charge in [-0.2, -0.15) is 0 Å². The van der Waals surface area contributed by atoms with Gasteiger partial charge in [0.05, 0.1) is 0 Å². The van der Waals surface area contributed by atoms with E-state index in [1.165, 1.54) is 37.9 Å². The third kappa shape index (κ3) is 3.77. The standard InChI is InChI=1S/C15H20N2.C8H8O3/c1-3-11-9-16-7-8-17-10-12-4-2-5-13(12)14(6-1)15(11)17;9-7(8(10)11)6-4-2-1-3-5-6/h1,3,6,12-13,16H,2,4-5,7-10H2;1-5,7,9H,(H,10,11)/t12-,13-;7-/m00/s1. The monoisotopic (exact) mass is 380 g/mol. The molecule has 2 heterocycles. The predicted octanol–water partition coefficient (Wildman–Crippen LogP) is 3.30. The van der Waals surface area contributed by atoms with E-state index in [9.17, 15) is 4.79 Å². The van der Waals surface area contributed by atoms with Crippen molar-refractivity contribution in [3.63, 3.8) is 0 Å². The molecule has 2 aliphatic heterocycles. The molecule has 3 atom stereocenters. The maximum atomic E-state index is 10.2. The van der Waals surface area contributed by atoms with Crippen molar-refractivity contribution >= 4 is 11.7 Å². The van der Waals surface area contributed by atoms with Crippen LogP contribution in [0.2, 0.25) is 0 Å². The topological polar surface area (TPSA) is 72.8 Å². The molecule has 3 N–H and O–H groups in total. The highest BCUT2D eigenvalue weighted by molar-refractivity contribution is 5.73. The van der Waals surface area contributed by atoms with Crippen LogP contribution in [0.3, 0.4) is 0 Å². The van der Waals surface area contributed by atoms with Crippen LogP contribution in [0, 0.1) is 5.92 Å². The predicted molar refractivity (Wildman–Crippen MR) is 109 cm³/mol. The quantitative estimate of drug-likeness (QED) is 0.746. The van der Waals surface area contributed by atoms with E-state index in [0.717, 1.165) is 24.9 Å². The van der Waals surface area contributed by atoms with Gasteiger partial charge in [0.15, 0.2) is 6.10 Å². The van der Waals surface area contributed by atoms with Crippen LogP contribution in [0.15, 0.2) is 48.5 Å². The van der Waals surface area contributed by atoms with Gasteiger partial charge in [0.2, 0.25) is 0 Å². The van der Waals surface area contributed by atoms with Crippen molar-refractivity contribution in [1.82, 2.24) is 5.32 Å². The SMILES string of the molecule is O=C(O)[C@@H](O)c1ccccc1.c1cc2c3c(c1)[C@H]1CCC[C@H]1CN3CCNC2. The summed E-state index contributed by atoms with van der Waals surface area (Å²) < 4.78 is 0. The zero-order valence-electron chi connectivity index (χ0n) is 16.1. The van der Waals surface area contributed by atoms with Gasteiger partial charge in [-0.25, -0.2) is 4.79 Å². The molecule has 2 aromatic carbocycles. The van der Waals surface area contributed by atoms with Crippen LogP contribution in [0.1, 0.15) is 48.0 Å². The molecule has 2 aromatic rings. The van der Waals surface area contributed by atoms with Gasteiger partial charge in [-0.1, -0.05) is 55.0 Å². The minimum atomic E-state index is -1.41. The lowest BCUT2D eigenvalue weighted by molar-refractivity contribution is -0.146. The molecule has 0 saturated heterocycles. The van der Waals surface area contributed by atoms with E-state index in [2.05, 4.69) is 28.4 Å². The van der Waals surface area contributed by atoms with Gasteiger partial charge in [0.25, 0.3) is 0 Å². The summed E-state index contributed by atoms with van der Waals surface area (Å²) in [6.45, 7) is 4.67. The first-order chi connectivity index (χ1) is 13.6. The summed E-state index contributed by atoms with van der Waals surface area (Å²) >= 11 is 0. The molecule has 1 aliphatic carbocycles. The number of carboxylic acids is 1. The number of fused-ring (bicyclic) bond motifs is 2. The molecule has 3 aliphatic rings. The van der Waals surface area contributed by atoms with E-state index in [1.807, 2.05) is 0 Å². The molecule has 28 heavy (non-hydrogen) atoms. The Kier molecular flexibility index (Phi) is 5.64. The molecule has 0 aromatic heterocycles. The molecule has 5 heteroatoms. The van der Waals surface area contributed by atoms with Crippen LogP contribution in [0.5, 0.6) is 0 Å². The van der Waals surface area contributed by atoms with Crippen molar-refractivity contribution in [2.45, 2.75) is 37.8 Å². The van der Waals surface area contributed by atoms with Crippen molar-refractivity contribution < 1.29 is 15.0 Å². The van der Waals surface area contributed by atoms with Crippen LogP contribution in [-0.2, 0) is 11.3 Å². The Bertz CT molecular complexity index is 824. The number of aliphatic carboxylic acids is 1. The first kappa shape index (κ1) is 19.0. The average Bonchev–Trinajstić information content (AvgIpc) is 3.10. The first-order valence-electron chi connectivity index (χ1n) is 10.2. The zero-order valence-corrected chi connectivity index (χ0v) is 16.1. The Morgan fingerprint density at radius 2 is 1.93 bits per heavy atom. The number of anilines is 1.